The highest BCUT2D eigenvalue weighted by Gasteiger charge is 2.03. The first-order chi connectivity index (χ1) is 9.69. The van der Waals surface area contributed by atoms with Gasteiger partial charge in [0.05, 0.1) is 11.6 Å². The molecule has 0 amide bonds. The van der Waals surface area contributed by atoms with E-state index < -0.39 is 0 Å². The molecule has 0 saturated carbocycles. The number of rotatable bonds is 6. The Hall–Kier alpha value is -1.87. The molecule has 0 fully saturated rings. The number of nitrogens with one attached hydrogen (secondary N) is 1. The van der Waals surface area contributed by atoms with E-state index in [9.17, 15) is 5.11 Å². The van der Waals surface area contributed by atoms with E-state index in [0.29, 0.717) is 23.9 Å². The molecule has 20 heavy (non-hydrogen) atoms. The zero-order chi connectivity index (χ0) is 14.4. The SMILES string of the molecule is CCCOc1ccc(NCc2ccc(O)cc2)cc1Cl. The van der Waals surface area contributed by atoms with Gasteiger partial charge in [0.15, 0.2) is 0 Å². The number of hydrogen-bond donors (Lipinski definition) is 2. The van der Waals surface area contributed by atoms with Crippen molar-refractivity contribution < 1.29 is 9.84 Å². The lowest BCUT2D eigenvalue weighted by atomic mass is 10.2. The van der Waals surface area contributed by atoms with Crippen LogP contribution in [0.1, 0.15) is 18.9 Å². The first-order valence-corrected chi connectivity index (χ1v) is 7.01. The average molecular weight is 292 g/mol. The van der Waals surface area contributed by atoms with Gasteiger partial charge >= 0.3 is 0 Å². The van der Waals surface area contributed by atoms with Crippen molar-refractivity contribution in [3.05, 3.63) is 53.1 Å². The van der Waals surface area contributed by atoms with E-state index in [4.69, 9.17) is 16.3 Å². The Morgan fingerprint density at radius 3 is 2.55 bits per heavy atom. The summed E-state index contributed by atoms with van der Waals surface area (Å²) in [6.45, 7) is 3.40. The second-order valence-corrected chi connectivity index (χ2v) is 4.92. The van der Waals surface area contributed by atoms with Gasteiger partial charge in [0.2, 0.25) is 0 Å². The van der Waals surface area contributed by atoms with Crippen LogP contribution in [0.4, 0.5) is 5.69 Å². The Labute approximate surface area is 124 Å². The Bertz CT molecular complexity index is 555. The predicted molar refractivity (Wildman–Crippen MR) is 82.7 cm³/mol. The highest BCUT2D eigenvalue weighted by Crippen LogP contribution is 2.28. The molecule has 0 bridgehead atoms. The number of phenols is 1. The summed E-state index contributed by atoms with van der Waals surface area (Å²) in [5, 5.41) is 13.1. The van der Waals surface area contributed by atoms with Crippen LogP contribution in [0.5, 0.6) is 11.5 Å². The summed E-state index contributed by atoms with van der Waals surface area (Å²) in [5.41, 5.74) is 2.03. The Balaban J connectivity index is 1.96. The van der Waals surface area contributed by atoms with E-state index in [2.05, 4.69) is 12.2 Å². The van der Waals surface area contributed by atoms with Gasteiger partial charge in [-0.25, -0.2) is 0 Å². The lowest BCUT2D eigenvalue weighted by molar-refractivity contribution is 0.317. The standard InChI is InChI=1S/C16H18ClNO2/c1-2-9-20-16-8-5-13(10-15(16)17)18-11-12-3-6-14(19)7-4-12/h3-8,10,18-19H,2,9,11H2,1H3. The second-order valence-electron chi connectivity index (χ2n) is 4.51. The molecule has 0 unspecified atom stereocenters. The predicted octanol–water partition coefficient (Wildman–Crippen LogP) is 4.45. The molecule has 106 valence electrons. The average Bonchev–Trinajstić information content (AvgIpc) is 2.46. The van der Waals surface area contributed by atoms with E-state index >= 15 is 0 Å². The van der Waals surface area contributed by atoms with Crippen LogP contribution < -0.4 is 10.1 Å². The molecule has 0 aliphatic heterocycles. The van der Waals surface area contributed by atoms with E-state index in [0.717, 1.165) is 17.7 Å². The molecule has 3 nitrogen and oxygen atoms in total. The summed E-state index contributed by atoms with van der Waals surface area (Å²) >= 11 is 6.17. The lowest BCUT2D eigenvalue weighted by Gasteiger charge is -2.10. The van der Waals surface area contributed by atoms with Crippen LogP contribution in [0.15, 0.2) is 42.5 Å². The fourth-order valence-electron chi connectivity index (χ4n) is 1.76. The molecule has 0 radical (unpaired) electrons. The molecule has 0 saturated heterocycles. The van der Waals surface area contributed by atoms with Crippen molar-refractivity contribution in [1.82, 2.24) is 0 Å². The van der Waals surface area contributed by atoms with Crippen molar-refractivity contribution in [2.24, 2.45) is 0 Å². The number of phenolic OH excluding ortho intramolecular Hbond substituents is 1. The van der Waals surface area contributed by atoms with Gasteiger partial charge < -0.3 is 15.2 Å². The first-order valence-electron chi connectivity index (χ1n) is 6.63. The number of benzene rings is 2. The van der Waals surface area contributed by atoms with Crippen LogP contribution in [-0.2, 0) is 6.54 Å². The van der Waals surface area contributed by atoms with Crippen LogP contribution >= 0.6 is 11.6 Å². The van der Waals surface area contributed by atoms with Gasteiger partial charge in [-0.2, -0.15) is 0 Å². The molecule has 0 heterocycles. The number of ether oxygens (including phenoxy) is 1. The quantitative estimate of drug-likeness (QED) is 0.826. The normalized spacial score (nSPS) is 10.3. The maximum absolute atomic E-state index is 9.23. The van der Waals surface area contributed by atoms with Gasteiger partial charge in [-0.1, -0.05) is 30.7 Å². The third-order valence-corrected chi connectivity index (χ3v) is 3.12. The van der Waals surface area contributed by atoms with Crippen molar-refractivity contribution in [2.45, 2.75) is 19.9 Å². The zero-order valence-corrected chi connectivity index (χ0v) is 12.2. The smallest absolute Gasteiger partial charge is 0.138 e. The van der Waals surface area contributed by atoms with Crippen LogP contribution in [0.3, 0.4) is 0 Å². The van der Waals surface area contributed by atoms with E-state index in [1.807, 2.05) is 30.3 Å². The van der Waals surface area contributed by atoms with Crippen LogP contribution in [0.2, 0.25) is 5.02 Å². The van der Waals surface area contributed by atoms with Gasteiger partial charge in [0, 0.05) is 12.2 Å². The van der Waals surface area contributed by atoms with Gasteiger partial charge in [-0.05, 0) is 42.3 Å². The largest absolute Gasteiger partial charge is 0.508 e. The van der Waals surface area contributed by atoms with Gasteiger partial charge in [0.1, 0.15) is 11.5 Å². The van der Waals surface area contributed by atoms with Crippen LogP contribution in [0, 0.1) is 0 Å². The highest BCUT2D eigenvalue weighted by atomic mass is 35.5. The van der Waals surface area contributed by atoms with Gasteiger partial charge in [-0.15, -0.1) is 0 Å². The molecular formula is C16H18ClNO2. The molecule has 0 aliphatic carbocycles. The molecule has 2 aromatic carbocycles. The fraction of sp³-hybridized carbons (Fsp3) is 0.250. The number of hydrogen-bond acceptors (Lipinski definition) is 3. The Morgan fingerprint density at radius 2 is 1.90 bits per heavy atom. The molecule has 4 heteroatoms. The summed E-state index contributed by atoms with van der Waals surface area (Å²) in [5.74, 6) is 0.984. The molecule has 2 N–H and O–H groups in total. The van der Waals surface area contributed by atoms with E-state index in [-0.39, 0.29) is 5.75 Å². The minimum Gasteiger partial charge on any atom is -0.508 e. The van der Waals surface area contributed by atoms with Crippen molar-refractivity contribution >= 4 is 17.3 Å². The maximum Gasteiger partial charge on any atom is 0.138 e. The number of aromatic hydroxyl groups is 1. The molecule has 2 rings (SSSR count). The first kappa shape index (κ1) is 14.5. The minimum absolute atomic E-state index is 0.272. The summed E-state index contributed by atoms with van der Waals surface area (Å²) in [7, 11) is 0. The summed E-state index contributed by atoms with van der Waals surface area (Å²) in [4.78, 5) is 0. The molecule has 0 aromatic heterocycles. The van der Waals surface area contributed by atoms with Crippen LogP contribution in [0.25, 0.3) is 0 Å². The summed E-state index contributed by atoms with van der Waals surface area (Å²) in [6.07, 6.45) is 0.956. The molecule has 0 atom stereocenters. The van der Waals surface area contributed by atoms with Crippen molar-refractivity contribution in [1.29, 1.82) is 0 Å². The summed E-state index contributed by atoms with van der Waals surface area (Å²) < 4.78 is 5.53. The number of anilines is 1. The van der Waals surface area contributed by atoms with E-state index in [1.165, 1.54) is 0 Å². The lowest BCUT2D eigenvalue weighted by Crippen LogP contribution is -2.00. The Morgan fingerprint density at radius 1 is 1.15 bits per heavy atom. The highest BCUT2D eigenvalue weighted by molar-refractivity contribution is 6.32. The van der Waals surface area contributed by atoms with Gasteiger partial charge in [-0.3, -0.25) is 0 Å². The van der Waals surface area contributed by atoms with Crippen LogP contribution in [-0.4, -0.2) is 11.7 Å². The molecule has 2 aromatic rings. The maximum atomic E-state index is 9.23. The third-order valence-electron chi connectivity index (χ3n) is 2.83. The van der Waals surface area contributed by atoms with E-state index in [1.54, 1.807) is 12.1 Å². The van der Waals surface area contributed by atoms with Crippen molar-refractivity contribution in [3.63, 3.8) is 0 Å². The fourth-order valence-corrected chi connectivity index (χ4v) is 1.99. The molecule has 0 spiro atoms. The number of halogens is 1. The third kappa shape index (κ3) is 4.07. The topological polar surface area (TPSA) is 41.5 Å². The minimum atomic E-state index is 0.272. The zero-order valence-electron chi connectivity index (χ0n) is 11.4. The molecular weight excluding hydrogens is 274 g/mol. The van der Waals surface area contributed by atoms with Crippen molar-refractivity contribution in [2.75, 3.05) is 11.9 Å². The second kappa shape index (κ2) is 7.06. The van der Waals surface area contributed by atoms with Gasteiger partial charge in [0.25, 0.3) is 0 Å². The van der Waals surface area contributed by atoms with Crippen molar-refractivity contribution in [3.8, 4) is 11.5 Å². The Kier molecular flexibility index (Phi) is 5.13. The summed E-state index contributed by atoms with van der Waals surface area (Å²) in [6, 6.07) is 12.8. The monoisotopic (exact) mass is 291 g/mol. The molecule has 0 aliphatic rings.